The zero-order valence-corrected chi connectivity index (χ0v) is 21.0. The number of H-pyrrole nitrogens is 1. The van der Waals surface area contributed by atoms with E-state index in [9.17, 15) is 8.42 Å². The van der Waals surface area contributed by atoms with E-state index in [-0.39, 0.29) is 11.8 Å². The minimum absolute atomic E-state index is 0.0637. The second-order valence-corrected chi connectivity index (χ2v) is 11.2. The van der Waals surface area contributed by atoms with E-state index in [1.54, 1.807) is 6.07 Å². The van der Waals surface area contributed by atoms with E-state index >= 15 is 0 Å². The van der Waals surface area contributed by atoms with Crippen molar-refractivity contribution in [2.24, 2.45) is 0 Å². The molecule has 5 aromatic rings. The first-order valence-electron chi connectivity index (χ1n) is 11.9. The topological polar surface area (TPSA) is 119 Å². The SMILES string of the molecule is CCc1nc2c(C)cc(C)nc2n1C1CCS(=O)(=O)c2cc(-c3ccccc3-c3nn[nH]n3)ccc21. The van der Waals surface area contributed by atoms with Gasteiger partial charge < -0.3 is 4.57 Å². The Morgan fingerprint density at radius 2 is 1.86 bits per heavy atom. The number of aryl methyl sites for hydroxylation is 3. The number of imidazole rings is 1. The van der Waals surface area contributed by atoms with Gasteiger partial charge in [-0.1, -0.05) is 43.3 Å². The Morgan fingerprint density at radius 3 is 2.61 bits per heavy atom. The van der Waals surface area contributed by atoms with Gasteiger partial charge in [0.05, 0.1) is 16.7 Å². The van der Waals surface area contributed by atoms with Gasteiger partial charge in [0, 0.05) is 17.7 Å². The summed E-state index contributed by atoms with van der Waals surface area (Å²) in [5, 5.41) is 14.4. The monoisotopic (exact) mass is 499 g/mol. The molecular weight excluding hydrogens is 474 g/mol. The molecule has 36 heavy (non-hydrogen) atoms. The standard InChI is InChI=1S/C26H25N7O2S/c1-4-23-28-24-15(2)13-16(3)27-26(24)33(23)21-11-12-36(34,35)22-14-17(9-10-20(21)22)18-7-5-6-8-19(18)25-29-31-32-30-25/h5-10,13-14,21H,4,11-12H2,1-3H3,(H,29,30,31,32). The second kappa shape index (κ2) is 8.34. The molecule has 4 heterocycles. The summed E-state index contributed by atoms with van der Waals surface area (Å²) in [6.07, 6.45) is 1.20. The van der Waals surface area contributed by atoms with Crippen molar-refractivity contribution in [3.05, 3.63) is 71.2 Å². The molecule has 9 nitrogen and oxygen atoms in total. The molecule has 0 bridgehead atoms. The van der Waals surface area contributed by atoms with Crippen molar-refractivity contribution in [2.75, 3.05) is 5.75 Å². The molecule has 0 saturated carbocycles. The molecule has 2 aromatic carbocycles. The maximum atomic E-state index is 13.3. The highest BCUT2D eigenvalue weighted by Crippen LogP contribution is 2.40. The van der Waals surface area contributed by atoms with E-state index in [2.05, 4.69) is 32.1 Å². The molecule has 10 heteroatoms. The lowest BCUT2D eigenvalue weighted by Crippen LogP contribution is -2.26. The van der Waals surface area contributed by atoms with Gasteiger partial charge in [-0.15, -0.1) is 10.2 Å². The first-order chi connectivity index (χ1) is 17.4. The molecule has 1 unspecified atom stereocenters. The Labute approximate surface area is 208 Å². The predicted molar refractivity (Wildman–Crippen MR) is 136 cm³/mol. The fourth-order valence-corrected chi connectivity index (χ4v) is 6.87. The molecule has 0 amide bonds. The van der Waals surface area contributed by atoms with Crippen molar-refractivity contribution < 1.29 is 8.42 Å². The van der Waals surface area contributed by atoms with Crippen LogP contribution in [0.1, 0.15) is 42.0 Å². The van der Waals surface area contributed by atoms with Crippen LogP contribution in [-0.4, -0.2) is 49.3 Å². The number of pyridine rings is 1. The maximum Gasteiger partial charge on any atom is 0.205 e. The first-order valence-corrected chi connectivity index (χ1v) is 13.6. The Balaban J connectivity index is 1.55. The highest BCUT2D eigenvalue weighted by atomic mass is 32.2. The van der Waals surface area contributed by atoms with Gasteiger partial charge in [-0.25, -0.2) is 18.4 Å². The van der Waals surface area contributed by atoms with Crippen LogP contribution in [-0.2, 0) is 16.3 Å². The van der Waals surface area contributed by atoms with Gasteiger partial charge in [-0.05, 0) is 59.9 Å². The molecule has 0 radical (unpaired) electrons. The molecule has 0 spiro atoms. The van der Waals surface area contributed by atoms with E-state index in [0.717, 1.165) is 56.9 Å². The van der Waals surface area contributed by atoms with Crippen molar-refractivity contribution in [3.63, 3.8) is 0 Å². The average Bonchev–Trinajstić information content (AvgIpc) is 3.53. The number of rotatable bonds is 4. The predicted octanol–water partition coefficient (Wildman–Crippen LogP) is 4.22. The average molecular weight is 500 g/mol. The van der Waals surface area contributed by atoms with Crippen molar-refractivity contribution >= 4 is 21.0 Å². The minimum Gasteiger partial charge on any atom is -0.305 e. The summed E-state index contributed by atoms with van der Waals surface area (Å²) < 4.78 is 28.8. The maximum absolute atomic E-state index is 13.3. The summed E-state index contributed by atoms with van der Waals surface area (Å²) in [7, 11) is -3.46. The molecule has 1 aliphatic heterocycles. The van der Waals surface area contributed by atoms with Crippen LogP contribution in [0.2, 0.25) is 0 Å². The smallest absolute Gasteiger partial charge is 0.205 e. The third-order valence-electron chi connectivity index (χ3n) is 6.86. The highest BCUT2D eigenvalue weighted by Gasteiger charge is 2.34. The largest absolute Gasteiger partial charge is 0.305 e. The fourth-order valence-electron chi connectivity index (χ4n) is 5.25. The molecule has 0 aliphatic carbocycles. The van der Waals surface area contributed by atoms with Crippen molar-refractivity contribution in [1.29, 1.82) is 0 Å². The van der Waals surface area contributed by atoms with Gasteiger partial charge in [0.15, 0.2) is 15.5 Å². The molecule has 3 aromatic heterocycles. The van der Waals surface area contributed by atoms with Gasteiger partial charge in [-0.2, -0.15) is 5.21 Å². The third-order valence-corrected chi connectivity index (χ3v) is 8.66. The van der Waals surface area contributed by atoms with Crippen LogP contribution in [0, 0.1) is 13.8 Å². The Hall–Kier alpha value is -3.92. The number of aromatic amines is 1. The second-order valence-electron chi connectivity index (χ2n) is 9.16. The van der Waals surface area contributed by atoms with Crippen LogP contribution < -0.4 is 0 Å². The summed E-state index contributed by atoms with van der Waals surface area (Å²) >= 11 is 0. The third kappa shape index (κ3) is 3.51. The minimum atomic E-state index is -3.46. The van der Waals surface area contributed by atoms with E-state index < -0.39 is 9.84 Å². The fraction of sp³-hybridized carbons (Fsp3) is 0.269. The van der Waals surface area contributed by atoms with E-state index in [4.69, 9.17) is 9.97 Å². The van der Waals surface area contributed by atoms with Gasteiger partial charge in [-0.3, -0.25) is 0 Å². The lowest BCUT2D eigenvalue weighted by molar-refractivity contribution is 0.516. The van der Waals surface area contributed by atoms with Crippen LogP contribution in [0.3, 0.4) is 0 Å². The number of aromatic nitrogens is 7. The molecule has 0 saturated heterocycles. The van der Waals surface area contributed by atoms with Crippen LogP contribution in [0.4, 0.5) is 0 Å². The van der Waals surface area contributed by atoms with Crippen LogP contribution in [0.5, 0.6) is 0 Å². The van der Waals surface area contributed by atoms with Crippen molar-refractivity contribution in [3.8, 4) is 22.5 Å². The normalized spacial score (nSPS) is 16.8. The number of fused-ring (bicyclic) bond motifs is 2. The number of tetrazole rings is 1. The summed E-state index contributed by atoms with van der Waals surface area (Å²) in [5.74, 6) is 1.43. The van der Waals surface area contributed by atoms with Crippen molar-refractivity contribution in [2.45, 2.75) is 44.6 Å². The number of nitrogens with zero attached hydrogens (tertiary/aromatic N) is 6. The molecular formula is C26H25N7O2S. The van der Waals surface area contributed by atoms with Crippen LogP contribution in [0.25, 0.3) is 33.7 Å². The van der Waals surface area contributed by atoms with Gasteiger partial charge >= 0.3 is 0 Å². The number of nitrogens with one attached hydrogen (secondary N) is 1. The van der Waals surface area contributed by atoms with Crippen molar-refractivity contribution in [1.82, 2.24) is 35.2 Å². The zero-order chi connectivity index (χ0) is 25.0. The van der Waals surface area contributed by atoms with Gasteiger partial charge in [0.1, 0.15) is 11.3 Å². The first kappa shape index (κ1) is 22.5. The summed E-state index contributed by atoms with van der Waals surface area (Å²) in [5.41, 5.74) is 6.86. The van der Waals surface area contributed by atoms with E-state index in [1.807, 2.05) is 56.3 Å². The molecule has 1 aliphatic rings. The lowest BCUT2D eigenvalue weighted by Gasteiger charge is -2.28. The van der Waals surface area contributed by atoms with Crippen LogP contribution in [0.15, 0.2) is 53.4 Å². The highest BCUT2D eigenvalue weighted by molar-refractivity contribution is 7.91. The summed E-state index contributed by atoms with van der Waals surface area (Å²) in [6, 6.07) is 15.2. The Bertz CT molecular complexity index is 1720. The molecule has 0 fully saturated rings. The molecule has 1 atom stereocenters. The van der Waals surface area contributed by atoms with E-state index in [1.165, 1.54) is 0 Å². The Kier molecular flexibility index (Phi) is 5.22. The van der Waals surface area contributed by atoms with Crippen LogP contribution >= 0.6 is 0 Å². The number of benzene rings is 2. The number of hydrogen-bond acceptors (Lipinski definition) is 7. The molecule has 1 N–H and O–H groups in total. The lowest BCUT2D eigenvalue weighted by atomic mass is 9.95. The molecule has 6 rings (SSSR count). The Morgan fingerprint density at radius 1 is 1.06 bits per heavy atom. The zero-order valence-electron chi connectivity index (χ0n) is 20.2. The number of sulfone groups is 1. The quantitative estimate of drug-likeness (QED) is 0.393. The molecule has 182 valence electrons. The number of hydrogen-bond donors (Lipinski definition) is 1. The van der Waals surface area contributed by atoms with E-state index in [0.29, 0.717) is 17.1 Å². The summed E-state index contributed by atoms with van der Waals surface area (Å²) in [4.78, 5) is 10.1. The van der Waals surface area contributed by atoms with Gasteiger partial charge in [0.2, 0.25) is 5.82 Å². The summed E-state index contributed by atoms with van der Waals surface area (Å²) in [6.45, 7) is 6.08. The van der Waals surface area contributed by atoms with Gasteiger partial charge in [0.25, 0.3) is 0 Å².